The number of hydrogen-bond acceptors (Lipinski definition) is 6. The van der Waals surface area contributed by atoms with Gasteiger partial charge in [-0.3, -0.25) is 9.59 Å². The number of benzene rings is 4. The third-order valence-corrected chi connectivity index (χ3v) is 14.8. The molecule has 1 aromatic heterocycles. The molecule has 58 heavy (non-hydrogen) atoms. The van der Waals surface area contributed by atoms with Crippen molar-refractivity contribution in [3.8, 4) is 22.6 Å². The molecule has 5 aromatic rings. The molecule has 1 radical (unpaired) electrons. The van der Waals surface area contributed by atoms with Crippen LogP contribution in [0.15, 0.2) is 90.0 Å². The van der Waals surface area contributed by atoms with Crippen LogP contribution in [0.1, 0.15) is 50.6 Å². The van der Waals surface area contributed by atoms with Crippen molar-refractivity contribution in [3.05, 3.63) is 129 Å². The maximum absolute atomic E-state index is 16.1. The van der Waals surface area contributed by atoms with Crippen LogP contribution in [0.4, 0.5) is 18.9 Å². The third-order valence-electron chi connectivity index (χ3n) is 12.5. The second kappa shape index (κ2) is 13.1. The average molecular weight is 822 g/mol. The van der Waals surface area contributed by atoms with Gasteiger partial charge >= 0.3 is 0 Å². The number of rotatable bonds is 8. The molecule has 3 aliphatic heterocycles. The minimum atomic E-state index is -1.54. The van der Waals surface area contributed by atoms with E-state index in [1.54, 1.807) is 37.3 Å². The number of amides is 2. The second-order valence-corrected chi connectivity index (χ2v) is 18.8. The maximum atomic E-state index is 16.1. The summed E-state index contributed by atoms with van der Waals surface area (Å²) in [4.78, 5) is 31.4. The zero-order valence-electron chi connectivity index (χ0n) is 31.8. The fourth-order valence-electron chi connectivity index (χ4n) is 8.95. The highest BCUT2D eigenvalue weighted by atomic mass is 35.5. The molecule has 3 atom stereocenters. The summed E-state index contributed by atoms with van der Waals surface area (Å²) in [5.41, 5.74) is 2.84. The van der Waals surface area contributed by atoms with Gasteiger partial charge in [-0.1, -0.05) is 29.8 Å². The van der Waals surface area contributed by atoms with Crippen LogP contribution in [0.25, 0.3) is 22.2 Å². The van der Waals surface area contributed by atoms with Crippen molar-refractivity contribution in [1.82, 2.24) is 14.9 Å². The minimum absolute atomic E-state index is 0.0500. The van der Waals surface area contributed by atoms with Crippen molar-refractivity contribution in [2.75, 3.05) is 11.9 Å². The first-order chi connectivity index (χ1) is 27.7. The summed E-state index contributed by atoms with van der Waals surface area (Å²) in [7, 11) is -1.18. The van der Waals surface area contributed by atoms with Gasteiger partial charge in [-0.05, 0) is 105 Å². The standard InChI is InChI=1S/C44H37ClF3N4O5Si/c1-23-15-25(18-37-42(23,2)51-41(54)44(37)11-12-44)40(53)49-27-8-10-35-34(20-27)50-38(52(35)22-58-14-13-55-58)21-29-31(46)16-24(17-32(29)47)28-5-4-6-36-39(28)57-43(3,56-36)30-9-7-26(45)19-33(30)48/h4-10,15-20,37H,11-14,21-22H2,1-3H3,(H,49,53)(H,51,54). The number of imidazole rings is 1. The Morgan fingerprint density at radius 1 is 1.03 bits per heavy atom. The molecule has 1 spiro atoms. The number of halogens is 4. The number of nitrogens with zero attached hydrogens (tertiary/aromatic N) is 2. The predicted octanol–water partition coefficient (Wildman–Crippen LogP) is 8.68. The van der Waals surface area contributed by atoms with E-state index in [9.17, 15) is 14.0 Å². The van der Waals surface area contributed by atoms with Crippen molar-refractivity contribution in [1.29, 1.82) is 0 Å². The van der Waals surface area contributed by atoms with E-state index < -0.39 is 43.2 Å². The van der Waals surface area contributed by atoms with Crippen LogP contribution in [0.5, 0.6) is 11.5 Å². The van der Waals surface area contributed by atoms with Gasteiger partial charge in [0, 0.05) is 59.4 Å². The number of aromatic nitrogens is 2. The zero-order valence-corrected chi connectivity index (χ0v) is 33.5. The largest absolute Gasteiger partial charge is 0.444 e. The smallest absolute Gasteiger partial charge is 0.278 e. The Bertz CT molecular complexity index is 2670. The number of carbonyl (C=O) groups excluding carboxylic acids is 2. The Hall–Kier alpha value is -5.37. The molecule has 4 aromatic carbocycles. The number of nitrogens with one attached hydrogen (secondary N) is 2. The van der Waals surface area contributed by atoms with Gasteiger partial charge in [-0.2, -0.15) is 0 Å². The first-order valence-corrected chi connectivity index (χ1v) is 21.4. The maximum Gasteiger partial charge on any atom is 0.278 e. The van der Waals surface area contributed by atoms with Crippen LogP contribution in [-0.4, -0.2) is 42.6 Å². The molecule has 2 amide bonds. The Balaban J connectivity index is 0.932. The lowest BCUT2D eigenvalue weighted by molar-refractivity contribution is -0.124. The van der Waals surface area contributed by atoms with Crippen LogP contribution < -0.4 is 20.1 Å². The Labute approximate surface area is 338 Å². The van der Waals surface area contributed by atoms with E-state index in [0.717, 1.165) is 30.0 Å². The predicted molar refractivity (Wildman–Crippen MR) is 213 cm³/mol. The molecule has 5 aliphatic rings. The first-order valence-electron chi connectivity index (χ1n) is 19.2. The lowest BCUT2D eigenvalue weighted by Crippen LogP contribution is -2.45. The monoisotopic (exact) mass is 821 g/mol. The Kier molecular flexibility index (Phi) is 8.32. The van der Waals surface area contributed by atoms with Gasteiger partial charge in [0.05, 0.1) is 27.6 Å². The summed E-state index contributed by atoms with van der Waals surface area (Å²) in [6.07, 6.45) is 5.77. The summed E-state index contributed by atoms with van der Waals surface area (Å²) in [6, 6.07) is 18.0. The van der Waals surface area contributed by atoms with Crippen molar-refractivity contribution in [2.45, 2.75) is 63.6 Å². The summed E-state index contributed by atoms with van der Waals surface area (Å²) in [5, 5.41) is 6.40. The lowest BCUT2D eigenvalue weighted by atomic mass is 9.71. The van der Waals surface area contributed by atoms with Gasteiger partial charge < -0.3 is 29.1 Å². The topological polar surface area (TPSA) is 104 Å². The highest BCUT2D eigenvalue weighted by Gasteiger charge is 2.67. The second-order valence-electron chi connectivity index (χ2n) is 16.2. The van der Waals surface area contributed by atoms with Gasteiger partial charge in [0.15, 0.2) is 11.5 Å². The number of hydrogen-bond donors (Lipinski definition) is 2. The molecule has 2 saturated heterocycles. The van der Waals surface area contributed by atoms with Crippen LogP contribution >= 0.6 is 11.6 Å². The molecule has 3 unspecified atom stereocenters. The highest BCUT2D eigenvalue weighted by Crippen LogP contribution is 2.62. The van der Waals surface area contributed by atoms with Crippen LogP contribution in [0.3, 0.4) is 0 Å². The van der Waals surface area contributed by atoms with E-state index in [0.29, 0.717) is 46.7 Å². The summed E-state index contributed by atoms with van der Waals surface area (Å²) in [6.45, 7) is 6.21. The van der Waals surface area contributed by atoms with E-state index >= 15 is 8.78 Å². The summed E-state index contributed by atoms with van der Waals surface area (Å²) >= 11 is 5.97. The van der Waals surface area contributed by atoms with Crippen molar-refractivity contribution in [2.24, 2.45) is 11.3 Å². The number of anilines is 1. The number of carbonyl (C=O) groups is 2. The van der Waals surface area contributed by atoms with Crippen LogP contribution in [0.2, 0.25) is 11.1 Å². The summed E-state index contributed by atoms with van der Waals surface area (Å²) in [5.74, 6) is -3.09. The molecule has 3 fully saturated rings. The minimum Gasteiger partial charge on any atom is -0.444 e. The number of para-hydroxylation sites is 1. The molecule has 2 aliphatic carbocycles. The SMILES string of the molecule is CC1=CC(C(=O)Nc2ccc3c(c2)nc(Cc2c(F)cc(-c4cccc5c4OC(C)(c4ccc(Cl)cc4F)O5)cc2F)n3C[Si]2CCO2)=CC2C3(CC3)C(=O)NC12C. The fourth-order valence-corrected chi connectivity index (χ4v) is 10.6. The molecule has 0 bridgehead atoms. The van der Waals surface area contributed by atoms with E-state index in [2.05, 4.69) is 10.6 Å². The average Bonchev–Trinajstić information content (AvgIpc) is 3.71. The molecular weight excluding hydrogens is 785 g/mol. The highest BCUT2D eigenvalue weighted by molar-refractivity contribution is 6.53. The van der Waals surface area contributed by atoms with Crippen molar-refractivity contribution >= 4 is 49.2 Å². The van der Waals surface area contributed by atoms with Crippen molar-refractivity contribution in [3.63, 3.8) is 0 Å². The molecule has 9 nitrogen and oxygen atoms in total. The first kappa shape index (κ1) is 36.9. The van der Waals surface area contributed by atoms with E-state index in [1.807, 2.05) is 36.6 Å². The molecule has 2 N–H and O–H groups in total. The molecule has 295 valence electrons. The molecule has 1 saturated carbocycles. The Morgan fingerprint density at radius 2 is 1.81 bits per heavy atom. The van der Waals surface area contributed by atoms with E-state index in [1.165, 1.54) is 30.3 Å². The van der Waals surface area contributed by atoms with Crippen molar-refractivity contribution < 1.29 is 36.7 Å². The van der Waals surface area contributed by atoms with Gasteiger partial charge in [0.1, 0.15) is 23.3 Å². The number of ether oxygens (including phenoxy) is 2. The van der Waals surface area contributed by atoms with Gasteiger partial charge in [0.25, 0.3) is 11.7 Å². The lowest BCUT2D eigenvalue weighted by Gasteiger charge is -2.35. The fraction of sp³-hybridized carbons (Fsp3) is 0.295. The summed E-state index contributed by atoms with van der Waals surface area (Å²) < 4.78 is 67.3. The zero-order chi connectivity index (χ0) is 40.3. The third kappa shape index (κ3) is 5.80. The quantitative estimate of drug-likeness (QED) is 0.152. The molecule has 4 heterocycles. The molecule has 10 rings (SSSR count). The Morgan fingerprint density at radius 3 is 2.52 bits per heavy atom. The molecular formula is C44H37ClF3N4O5Si. The molecule has 14 heteroatoms. The normalized spacial score (nSPS) is 24.0. The van der Waals surface area contributed by atoms with E-state index in [-0.39, 0.29) is 51.6 Å². The van der Waals surface area contributed by atoms with E-state index in [4.69, 9.17) is 30.5 Å². The van der Waals surface area contributed by atoms with Gasteiger partial charge in [-0.15, -0.1) is 0 Å². The number of fused-ring (bicyclic) bond motifs is 4. The van der Waals surface area contributed by atoms with Gasteiger partial charge in [-0.25, -0.2) is 18.2 Å². The van der Waals surface area contributed by atoms with Gasteiger partial charge in [0.2, 0.25) is 14.9 Å². The van der Waals surface area contributed by atoms with Crippen LogP contribution in [0, 0.1) is 28.8 Å². The van der Waals surface area contributed by atoms with Crippen LogP contribution in [-0.2, 0) is 32.4 Å².